The molecule has 1 aromatic heterocycles. The lowest BCUT2D eigenvalue weighted by Crippen LogP contribution is -2.29. The first-order chi connectivity index (χ1) is 20.5. The number of nitrogens with zero attached hydrogens (tertiary/aromatic N) is 1. The van der Waals surface area contributed by atoms with Gasteiger partial charge in [-0.2, -0.15) is 0 Å². The van der Waals surface area contributed by atoms with E-state index in [1.165, 1.54) is 18.2 Å². The molecule has 2 amide bonds. The van der Waals surface area contributed by atoms with Crippen LogP contribution in [0.1, 0.15) is 53.7 Å². The predicted octanol–water partition coefficient (Wildman–Crippen LogP) is 5.00. The number of amides is 2. The molecule has 0 aliphatic carbocycles. The van der Waals surface area contributed by atoms with Crippen molar-refractivity contribution in [1.82, 2.24) is 15.3 Å². The van der Waals surface area contributed by atoms with E-state index < -0.39 is 45.7 Å². The van der Waals surface area contributed by atoms with Gasteiger partial charge in [-0.25, -0.2) is 13.4 Å². The number of anilines is 1. The number of imidazole rings is 1. The Morgan fingerprint density at radius 1 is 1.00 bits per heavy atom. The lowest BCUT2D eigenvalue weighted by atomic mass is 9.84. The first kappa shape index (κ1) is 32.5. The van der Waals surface area contributed by atoms with E-state index in [9.17, 15) is 35.7 Å². The Balaban J connectivity index is 1.55. The number of aromatic nitrogens is 2. The molecule has 0 aliphatic heterocycles. The molecule has 1 unspecified atom stereocenters. The molecule has 10 nitrogen and oxygen atoms in total. The van der Waals surface area contributed by atoms with E-state index >= 15 is 0 Å². The summed E-state index contributed by atoms with van der Waals surface area (Å²) in [5.74, 6) is -2.83. The molecule has 0 spiro atoms. The predicted molar refractivity (Wildman–Crippen MR) is 156 cm³/mol. The molecule has 0 saturated heterocycles. The summed E-state index contributed by atoms with van der Waals surface area (Å²) in [6.45, 7) is 5.88. The van der Waals surface area contributed by atoms with Gasteiger partial charge in [0.2, 0.25) is 11.9 Å². The van der Waals surface area contributed by atoms with Crippen LogP contribution < -0.4 is 15.4 Å². The largest absolute Gasteiger partial charge is 0.748 e. The number of H-pyrrole nitrogens is 1. The number of benzene rings is 3. The molecule has 234 valence electrons. The normalized spacial score (nSPS) is 13.0. The van der Waals surface area contributed by atoms with E-state index in [0.717, 1.165) is 17.7 Å². The topological polar surface area (TPSA) is 153 Å². The molecule has 4 aromatic rings. The Hall–Kier alpha value is -4.43. The molecule has 3 aromatic carbocycles. The van der Waals surface area contributed by atoms with E-state index in [2.05, 4.69) is 46.1 Å². The van der Waals surface area contributed by atoms with Crippen LogP contribution in [-0.4, -0.2) is 53.4 Å². The summed E-state index contributed by atoms with van der Waals surface area (Å²) in [4.78, 5) is 33.0. The Morgan fingerprint density at radius 3 is 2.25 bits per heavy atom. The van der Waals surface area contributed by atoms with Gasteiger partial charge in [0, 0.05) is 18.2 Å². The number of rotatable bonds is 10. The summed E-state index contributed by atoms with van der Waals surface area (Å²) >= 11 is 0. The summed E-state index contributed by atoms with van der Waals surface area (Å²) in [7, 11) is -4.46. The van der Waals surface area contributed by atoms with Gasteiger partial charge in [0.15, 0.2) is 0 Å². The van der Waals surface area contributed by atoms with Crippen LogP contribution in [0.25, 0.3) is 11.0 Å². The first-order valence-corrected chi connectivity index (χ1v) is 15.0. The van der Waals surface area contributed by atoms with Crippen LogP contribution in [0.3, 0.4) is 0 Å². The zero-order chi connectivity index (χ0) is 32.3. The number of fused-ring (bicyclic) bond motifs is 1. The molecular formula is C30H30F3N4O6S-. The second kappa shape index (κ2) is 12.7. The highest BCUT2D eigenvalue weighted by Gasteiger charge is 2.31. The molecule has 4 rings (SSSR count). The smallest absolute Gasteiger partial charge is 0.573 e. The van der Waals surface area contributed by atoms with E-state index in [1.807, 2.05) is 24.3 Å². The molecule has 0 bridgehead atoms. The van der Waals surface area contributed by atoms with E-state index in [-0.39, 0.29) is 35.4 Å². The van der Waals surface area contributed by atoms with E-state index in [0.29, 0.717) is 16.6 Å². The number of aromatic amines is 1. The van der Waals surface area contributed by atoms with Crippen molar-refractivity contribution in [3.05, 3.63) is 89.0 Å². The molecule has 0 aliphatic rings. The summed E-state index contributed by atoms with van der Waals surface area (Å²) in [6, 6.07) is 17.5. The van der Waals surface area contributed by atoms with Crippen molar-refractivity contribution in [2.24, 2.45) is 0 Å². The molecule has 0 fully saturated rings. The van der Waals surface area contributed by atoms with Gasteiger partial charge in [0.25, 0.3) is 5.91 Å². The fourth-order valence-corrected chi connectivity index (χ4v) is 4.80. The standard InChI is InChI=1S/C30H31F3N4O6S/c1-29(2,3)21-10-8-19(9-11-21)23(16-18-4-6-20(7-5-18)26(38)34-14-15-44(40,41)42)27(39)37-28-35-24-13-12-22(17-25(24)36-28)43-30(31,32)33/h4-13,17,23H,14-16H2,1-3H3,(H,34,38)(H,40,41,42)(H2,35,36,37,39)/p-1. The van der Waals surface area contributed by atoms with Crippen LogP contribution in [0.4, 0.5) is 19.1 Å². The van der Waals surface area contributed by atoms with Crippen molar-refractivity contribution in [3.63, 3.8) is 0 Å². The van der Waals surface area contributed by atoms with Crippen LogP contribution in [-0.2, 0) is 26.7 Å². The summed E-state index contributed by atoms with van der Waals surface area (Å²) in [6.07, 6.45) is -4.63. The van der Waals surface area contributed by atoms with Gasteiger partial charge in [-0.3, -0.25) is 14.9 Å². The van der Waals surface area contributed by atoms with Crippen LogP contribution in [0.2, 0.25) is 0 Å². The number of alkyl halides is 3. The Kier molecular flexibility index (Phi) is 9.35. The van der Waals surface area contributed by atoms with E-state index in [4.69, 9.17) is 0 Å². The van der Waals surface area contributed by atoms with Gasteiger partial charge < -0.3 is 19.6 Å². The van der Waals surface area contributed by atoms with Gasteiger partial charge in [0.1, 0.15) is 5.75 Å². The van der Waals surface area contributed by atoms with E-state index in [1.54, 1.807) is 12.1 Å². The SMILES string of the molecule is CC(C)(C)c1ccc(C(Cc2ccc(C(=O)NCCS(=O)(=O)[O-])cc2)C(=O)Nc2nc3ccc(OC(F)(F)F)cc3[nH]2)cc1. The van der Waals surface area contributed by atoms with Crippen LogP contribution >= 0.6 is 0 Å². The number of nitrogens with one attached hydrogen (secondary N) is 3. The first-order valence-electron chi connectivity index (χ1n) is 13.4. The van der Waals surface area contributed by atoms with Gasteiger partial charge in [0.05, 0.1) is 32.8 Å². The minimum atomic E-state index is -4.86. The number of hydrogen-bond donors (Lipinski definition) is 3. The molecule has 0 saturated carbocycles. The Morgan fingerprint density at radius 2 is 1.66 bits per heavy atom. The minimum Gasteiger partial charge on any atom is -0.748 e. The highest BCUT2D eigenvalue weighted by Crippen LogP contribution is 2.29. The quantitative estimate of drug-likeness (QED) is 0.208. The average molecular weight is 632 g/mol. The van der Waals surface area contributed by atoms with Crippen molar-refractivity contribution < 1.29 is 40.5 Å². The highest BCUT2D eigenvalue weighted by molar-refractivity contribution is 7.85. The Bertz CT molecular complexity index is 1750. The third-order valence-corrected chi connectivity index (χ3v) is 7.42. The third kappa shape index (κ3) is 9.04. The zero-order valence-electron chi connectivity index (χ0n) is 24.0. The summed E-state index contributed by atoms with van der Waals surface area (Å²) < 4.78 is 74.2. The van der Waals surface area contributed by atoms with Crippen LogP contribution in [0.5, 0.6) is 5.75 Å². The Labute approximate surface area is 251 Å². The monoisotopic (exact) mass is 631 g/mol. The lowest BCUT2D eigenvalue weighted by Gasteiger charge is -2.21. The molecule has 44 heavy (non-hydrogen) atoms. The van der Waals surface area contributed by atoms with Crippen molar-refractivity contribution in [2.75, 3.05) is 17.6 Å². The van der Waals surface area contributed by atoms with Gasteiger partial charge in [-0.1, -0.05) is 57.2 Å². The second-order valence-electron chi connectivity index (χ2n) is 11.1. The maximum atomic E-state index is 13.6. The molecular weight excluding hydrogens is 601 g/mol. The average Bonchev–Trinajstić information content (AvgIpc) is 3.31. The van der Waals surface area contributed by atoms with Gasteiger partial charge >= 0.3 is 6.36 Å². The van der Waals surface area contributed by atoms with Crippen molar-refractivity contribution >= 4 is 38.9 Å². The van der Waals surface area contributed by atoms with Crippen LogP contribution in [0.15, 0.2) is 66.7 Å². The molecule has 14 heteroatoms. The van der Waals surface area contributed by atoms with Crippen molar-refractivity contribution in [2.45, 2.75) is 44.9 Å². The maximum Gasteiger partial charge on any atom is 0.573 e. The number of carbonyl (C=O) groups is 2. The summed E-state index contributed by atoms with van der Waals surface area (Å²) in [5, 5.41) is 5.09. The highest BCUT2D eigenvalue weighted by atomic mass is 32.2. The van der Waals surface area contributed by atoms with Gasteiger partial charge in [-0.15, -0.1) is 13.2 Å². The maximum absolute atomic E-state index is 13.6. The van der Waals surface area contributed by atoms with Crippen molar-refractivity contribution in [3.8, 4) is 5.75 Å². The number of ether oxygens (including phenoxy) is 1. The fourth-order valence-electron chi connectivity index (χ4n) is 4.45. The van der Waals surface area contributed by atoms with Gasteiger partial charge in [-0.05, 0) is 52.8 Å². The molecule has 3 N–H and O–H groups in total. The number of hydrogen-bond acceptors (Lipinski definition) is 7. The summed E-state index contributed by atoms with van der Waals surface area (Å²) in [5.41, 5.74) is 3.15. The molecule has 0 radical (unpaired) electrons. The minimum absolute atomic E-state index is 0.0394. The fraction of sp³-hybridized carbons (Fsp3) is 0.300. The molecule has 1 heterocycles. The zero-order valence-corrected chi connectivity index (χ0v) is 24.8. The number of carbonyl (C=O) groups excluding carboxylic acids is 2. The third-order valence-electron chi connectivity index (χ3n) is 6.72. The molecule has 1 atom stereocenters. The lowest BCUT2D eigenvalue weighted by molar-refractivity contribution is -0.274. The number of halogens is 3. The second-order valence-corrected chi connectivity index (χ2v) is 12.7. The van der Waals surface area contributed by atoms with Crippen LogP contribution in [0, 0.1) is 0 Å². The van der Waals surface area contributed by atoms with Crippen molar-refractivity contribution in [1.29, 1.82) is 0 Å².